The summed E-state index contributed by atoms with van der Waals surface area (Å²) in [7, 11) is 3.56. The molecule has 3 aromatic rings. The summed E-state index contributed by atoms with van der Waals surface area (Å²) >= 11 is 0. The molecule has 3 heterocycles. The van der Waals surface area contributed by atoms with Crippen LogP contribution in [0, 0.1) is 0 Å². The molecule has 0 saturated carbocycles. The van der Waals surface area contributed by atoms with Crippen LogP contribution in [0.15, 0.2) is 48.5 Å². The molecule has 2 fully saturated rings. The Labute approximate surface area is 181 Å². The molecule has 2 saturated heterocycles. The molecule has 3 atom stereocenters. The summed E-state index contributed by atoms with van der Waals surface area (Å²) in [6, 6.07) is 16.8. The zero-order valence-corrected chi connectivity index (χ0v) is 18.0. The number of fused-ring (bicyclic) bond motifs is 3. The number of carbonyl (C=O) groups is 1. The van der Waals surface area contributed by atoms with Gasteiger partial charge >= 0.3 is 0 Å². The molecule has 7 nitrogen and oxygen atoms in total. The number of morpholine rings is 1. The number of ether oxygens (including phenoxy) is 2. The molecule has 2 aliphatic heterocycles. The number of para-hydroxylation sites is 1. The lowest BCUT2D eigenvalue weighted by Crippen LogP contribution is -2.60. The Bertz CT molecular complexity index is 1060. The first-order valence-corrected chi connectivity index (χ1v) is 10.8. The Kier molecular flexibility index (Phi) is 5.38. The molecule has 2 aliphatic rings. The zero-order valence-electron chi connectivity index (χ0n) is 18.0. The maximum atomic E-state index is 13.0. The van der Waals surface area contributed by atoms with Gasteiger partial charge < -0.3 is 14.8 Å². The molecule has 0 radical (unpaired) electrons. The molecule has 1 amide bonds. The average molecular weight is 421 g/mol. The summed E-state index contributed by atoms with van der Waals surface area (Å²) in [6.07, 6.45) is 1.76. The highest BCUT2D eigenvalue weighted by Gasteiger charge is 2.39. The maximum absolute atomic E-state index is 13.0. The lowest BCUT2D eigenvalue weighted by molar-refractivity contribution is -0.0843. The number of methoxy groups -OCH3 is 1. The monoisotopic (exact) mass is 420 g/mol. The van der Waals surface area contributed by atoms with Crippen LogP contribution in [-0.4, -0.2) is 59.0 Å². The van der Waals surface area contributed by atoms with Crippen molar-refractivity contribution in [2.24, 2.45) is 7.05 Å². The lowest BCUT2D eigenvalue weighted by atomic mass is 9.89. The lowest BCUT2D eigenvalue weighted by Gasteiger charge is -2.48. The van der Waals surface area contributed by atoms with Gasteiger partial charge in [0.1, 0.15) is 5.75 Å². The molecule has 2 aromatic carbocycles. The van der Waals surface area contributed by atoms with Crippen molar-refractivity contribution >= 4 is 16.8 Å². The normalized spacial score (nSPS) is 23.6. The molecule has 2 bridgehead atoms. The van der Waals surface area contributed by atoms with E-state index >= 15 is 0 Å². The van der Waals surface area contributed by atoms with Gasteiger partial charge in [-0.2, -0.15) is 5.10 Å². The third-order valence-corrected chi connectivity index (χ3v) is 6.50. The summed E-state index contributed by atoms with van der Waals surface area (Å²) in [6.45, 7) is 2.28. The fraction of sp³-hybridized carbons (Fsp3) is 0.417. The Morgan fingerprint density at radius 2 is 1.84 bits per heavy atom. The molecule has 162 valence electrons. The molecular formula is C24H28N4O3. The average Bonchev–Trinajstić information content (AvgIpc) is 3.12. The van der Waals surface area contributed by atoms with E-state index in [9.17, 15) is 4.79 Å². The zero-order chi connectivity index (χ0) is 21.4. The molecule has 31 heavy (non-hydrogen) atoms. The number of aromatic nitrogens is 2. The molecule has 1 aromatic heterocycles. The Hall–Kier alpha value is -2.90. The van der Waals surface area contributed by atoms with Crippen LogP contribution in [0.5, 0.6) is 5.75 Å². The first kappa shape index (κ1) is 20.0. The second kappa shape index (κ2) is 8.32. The second-order valence-electron chi connectivity index (χ2n) is 8.50. The number of carbonyl (C=O) groups excluding carboxylic acids is 1. The SMILES string of the molecule is COc1ccc(CN2[C@@H]3COC[C@H]2C[C@@H](NC(=O)c2nn(C)c4ccccc24)C3)cc1. The van der Waals surface area contributed by atoms with E-state index in [0.717, 1.165) is 36.0 Å². The van der Waals surface area contributed by atoms with Gasteiger partial charge in [-0.25, -0.2) is 0 Å². The number of benzene rings is 2. The number of amides is 1. The number of rotatable bonds is 5. The minimum atomic E-state index is -0.0932. The van der Waals surface area contributed by atoms with E-state index in [0.29, 0.717) is 31.0 Å². The van der Waals surface area contributed by atoms with Crippen LogP contribution in [0.2, 0.25) is 0 Å². The summed E-state index contributed by atoms with van der Waals surface area (Å²) in [4.78, 5) is 15.6. The van der Waals surface area contributed by atoms with Crippen molar-refractivity contribution in [2.75, 3.05) is 20.3 Å². The van der Waals surface area contributed by atoms with Gasteiger partial charge in [0.2, 0.25) is 0 Å². The van der Waals surface area contributed by atoms with E-state index in [1.165, 1.54) is 5.56 Å². The van der Waals surface area contributed by atoms with Crippen LogP contribution in [0.3, 0.4) is 0 Å². The molecular weight excluding hydrogens is 392 g/mol. The molecule has 0 unspecified atom stereocenters. The van der Waals surface area contributed by atoms with Gasteiger partial charge in [0.25, 0.3) is 5.91 Å². The van der Waals surface area contributed by atoms with Crippen LogP contribution in [0.1, 0.15) is 28.9 Å². The molecule has 0 spiro atoms. The topological polar surface area (TPSA) is 68.6 Å². The van der Waals surface area contributed by atoms with E-state index in [1.54, 1.807) is 11.8 Å². The second-order valence-corrected chi connectivity index (χ2v) is 8.50. The largest absolute Gasteiger partial charge is 0.497 e. The maximum Gasteiger partial charge on any atom is 0.272 e. The number of nitrogens with zero attached hydrogens (tertiary/aromatic N) is 3. The third-order valence-electron chi connectivity index (χ3n) is 6.50. The number of aryl methyl sites for hydroxylation is 1. The van der Waals surface area contributed by atoms with Crippen LogP contribution in [0.25, 0.3) is 10.9 Å². The van der Waals surface area contributed by atoms with Gasteiger partial charge in [-0.3, -0.25) is 14.4 Å². The highest BCUT2D eigenvalue weighted by atomic mass is 16.5. The number of nitrogens with one attached hydrogen (secondary N) is 1. The van der Waals surface area contributed by atoms with Gasteiger partial charge in [0.05, 0.1) is 25.8 Å². The van der Waals surface area contributed by atoms with E-state index < -0.39 is 0 Å². The number of piperidine rings is 1. The predicted octanol–water partition coefficient (Wildman–Crippen LogP) is 2.74. The van der Waals surface area contributed by atoms with Crippen molar-refractivity contribution in [2.45, 2.75) is 37.5 Å². The molecule has 7 heteroatoms. The van der Waals surface area contributed by atoms with Crippen LogP contribution < -0.4 is 10.1 Å². The highest BCUT2D eigenvalue weighted by molar-refractivity contribution is 6.04. The van der Waals surface area contributed by atoms with Crippen LogP contribution in [0.4, 0.5) is 0 Å². The van der Waals surface area contributed by atoms with Crippen molar-refractivity contribution in [1.82, 2.24) is 20.0 Å². The first-order valence-electron chi connectivity index (χ1n) is 10.8. The van der Waals surface area contributed by atoms with Crippen molar-refractivity contribution < 1.29 is 14.3 Å². The van der Waals surface area contributed by atoms with Crippen molar-refractivity contribution in [1.29, 1.82) is 0 Å². The molecule has 5 rings (SSSR count). The fourth-order valence-corrected chi connectivity index (χ4v) is 4.94. The van der Waals surface area contributed by atoms with Crippen LogP contribution in [-0.2, 0) is 18.3 Å². The van der Waals surface area contributed by atoms with E-state index in [4.69, 9.17) is 9.47 Å². The first-order chi connectivity index (χ1) is 15.1. The van der Waals surface area contributed by atoms with Gasteiger partial charge in [-0.1, -0.05) is 30.3 Å². The number of hydrogen-bond acceptors (Lipinski definition) is 5. The van der Waals surface area contributed by atoms with Crippen molar-refractivity contribution in [3.63, 3.8) is 0 Å². The summed E-state index contributed by atoms with van der Waals surface area (Å²) in [5, 5.41) is 8.62. The fourth-order valence-electron chi connectivity index (χ4n) is 4.94. The summed E-state index contributed by atoms with van der Waals surface area (Å²) < 4.78 is 12.9. The van der Waals surface area contributed by atoms with Crippen molar-refractivity contribution in [3.8, 4) is 5.75 Å². The Morgan fingerprint density at radius 1 is 1.13 bits per heavy atom. The summed E-state index contributed by atoms with van der Waals surface area (Å²) in [5.41, 5.74) is 2.73. The standard InChI is InChI=1S/C24H28N4O3/c1-27-22-6-4-3-5-21(22)23(26-27)24(29)25-17-11-18-14-31-15-19(12-17)28(18)13-16-7-9-20(30-2)10-8-16/h3-10,17-19H,11-15H2,1-2H3,(H,25,29)/t17-,18-,19+. The van der Waals surface area contributed by atoms with Gasteiger partial charge in [-0.05, 0) is 36.6 Å². The quantitative estimate of drug-likeness (QED) is 0.688. The molecule has 1 N–H and O–H groups in total. The van der Waals surface area contributed by atoms with E-state index in [-0.39, 0.29) is 11.9 Å². The summed E-state index contributed by atoms with van der Waals surface area (Å²) in [5.74, 6) is 0.778. The Balaban J connectivity index is 1.28. The van der Waals surface area contributed by atoms with E-state index in [1.807, 2.05) is 43.4 Å². The third kappa shape index (κ3) is 3.91. The van der Waals surface area contributed by atoms with Crippen molar-refractivity contribution in [3.05, 3.63) is 59.8 Å². The highest BCUT2D eigenvalue weighted by Crippen LogP contribution is 2.30. The minimum Gasteiger partial charge on any atom is -0.497 e. The van der Waals surface area contributed by atoms with Crippen LogP contribution >= 0.6 is 0 Å². The molecule has 0 aliphatic carbocycles. The van der Waals surface area contributed by atoms with Gasteiger partial charge in [0.15, 0.2) is 5.69 Å². The van der Waals surface area contributed by atoms with E-state index in [2.05, 4.69) is 27.4 Å². The Morgan fingerprint density at radius 3 is 2.55 bits per heavy atom. The number of hydrogen-bond donors (Lipinski definition) is 1. The van der Waals surface area contributed by atoms with Gasteiger partial charge in [-0.15, -0.1) is 0 Å². The smallest absolute Gasteiger partial charge is 0.272 e. The minimum absolute atomic E-state index is 0.0932. The predicted molar refractivity (Wildman–Crippen MR) is 118 cm³/mol. The van der Waals surface area contributed by atoms with Gasteiger partial charge in [0, 0.05) is 37.1 Å².